The normalized spacial score (nSPS) is 26.4. The number of aromatic nitrogens is 4. The van der Waals surface area contributed by atoms with E-state index in [1.54, 1.807) is 0 Å². The van der Waals surface area contributed by atoms with Crippen molar-refractivity contribution in [3.63, 3.8) is 0 Å². The standard InChI is InChI=1S/C11H15N7O6S2/c12-8-4-5(9(13)25)17-18(10(4)16-2-15-8)11-7(20)6(19)3(24-11)1-23-26(14,21)22/h2-3,6-7,11,19-20H,1H2,(H2,13,25)(H2,12,15,16)(H2,14,21,22)/t3-,6-,7-,11-/m1/s1. The van der Waals surface area contributed by atoms with E-state index in [0.29, 0.717) is 0 Å². The summed E-state index contributed by atoms with van der Waals surface area (Å²) in [6, 6.07) is 0. The van der Waals surface area contributed by atoms with Gasteiger partial charge in [0, 0.05) is 0 Å². The molecule has 15 heteroatoms. The second-order valence-electron chi connectivity index (χ2n) is 5.44. The second-order valence-corrected chi connectivity index (χ2v) is 7.10. The zero-order valence-electron chi connectivity index (χ0n) is 13.0. The van der Waals surface area contributed by atoms with Crippen LogP contribution < -0.4 is 16.6 Å². The van der Waals surface area contributed by atoms with Crippen molar-refractivity contribution >= 4 is 44.4 Å². The maximum atomic E-state index is 10.9. The van der Waals surface area contributed by atoms with Crippen LogP contribution in [0.25, 0.3) is 11.0 Å². The van der Waals surface area contributed by atoms with E-state index in [2.05, 4.69) is 19.2 Å². The van der Waals surface area contributed by atoms with Gasteiger partial charge in [-0.3, -0.25) is 4.18 Å². The molecule has 1 aliphatic rings. The molecule has 0 aromatic carbocycles. The van der Waals surface area contributed by atoms with Gasteiger partial charge in [-0.1, -0.05) is 12.2 Å². The van der Waals surface area contributed by atoms with Gasteiger partial charge in [0.1, 0.15) is 41.1 Å². The first-order chi connectivity index (χ1) is 12.1. The number of anilines is 1. The van der Waals surface area contributed by atoms with Crippen molar-refractivity contribution in [1.82, 2.24) is 19.7 Å². The molecular formula is C11H15N7O6S2. The SMILES string of the molecule is NC(=S)c1nn([C@@H]2O[C@H](COS(N)(=O)=O)[C@@H](O)[C@H]2O)c2ncnc(N)c12. The first kappa shape index (κ1) is 18.8. The van der Waals surface area contributed by atoms with E-state index in [1.807, 2.05) is 0 Å². The van der Waals surface area contributed by atoms with Gasteiger partial charge in [0.2, 0.25) is 0 Å². The molecule has 2 aromatic rings. The Morgan fingerprint density at radius 1 is 1.38 bits per heavy atom. The topological polar surface area (TPSA) is 215 Å². The number of nitrogens with two attached hydrogens (primary N) is 3. The Balaban J connectivity index is 1.99. The van der Waals surface area contributed by atoms with Crippen molar-refractivity contribution in [3.05, 3.63) is 12.0 Å². The van der Waals surface area contributed by atoms with Crippen LogP contribution >= 0.6 is 12.2 Å². The van der Waals surface area contributed by atoms with Crippen molar-refractivity contribution in [2.24, 2.45) is 10.9 Å². The summed E-state index contributed by atoms with van der Waals surface area (Å²) in [6.45, 7) is -0.605. The van der Waals surface area contributed by atoms with Gasteiger partial charge >= 0.3 is 10.3 Å². The van der Waals surface area contributed by atoms with Crippen LogP contribution in [-0.2, 0) is 19.2 Å². The van der Waals surface area contributed by atoms with E-state index in [4.69, 9.17) is 33.6 Å². The quantitative estimate of drug-likeness (QED) is 0.312. The van der Waals surface area contributed by atoms with Gasteiger partial charge in [0.05, 0.1) is 12.0 Å². The number of ether oxygens (including phenoxy) is 1. The molecule has 3 rings (SSSR count). The summed E-state index contributed by atoms with van der Waals surface area (Å²) in [4.78, 5) is 7.79. The van der Waals surface area contributed by atoms with Gasteiger partial charge in [0.25, 0.3) is 0 Å². The highest BCUT2D eigenvalue weighted by Crippen LogP contribution is 2.33. The number of rotatable bonds is 5. The van der Waals surface area contributed by atoms with Crippen molar-refractivity contribution < 1.29 is 27.6 Å². The molecule has 13 nitrogen and oxygen atoms in total. The fourth-order valence-electron chi connectivity index (χ4n) is 2.58. The number of fused-ring (bicyclic) bond motifs is 1. The summed E-state index contributed by atoms with van der Waals surface area (Å²) in [6.07, 6.45) is -4.23. The Labute approximate surface area is 152 Å². The minimum absolute atomic E-state index is 0.0613. The van der Waals surface area contributed by atoms with Crippen molar-refractivity contribution in [3.8, 4) is 0 Å². The van der Waals surface area contributed by atoms with Crippen LogP contribution in [-0.4, -0.2) is 68.3 Å². The monoisotopic (exact) mass is 405 g/mol. The molecule has 26 heavy (non-hydrogen) atoms. The molecule has 0 amide bonds. The molecule has 4 atom stereocenters. The molecule has 1 aliphatic heterocycles. The maximum Gasteiger partial charge on any atom is 0.333 e. The lowest BCUT2D eigenvalue weighted by molar-refractivity contribution is -0.0527. The fourth-order valence-corrected chi connectivity index (χ4v) is 3.04. The van der Waals surface area contributed by atoms with Crippen LogP contribution in [0.5, 0.6) is 0 Å². The molecule has 0 unspecified atom stereocenters. The molecule has 8 N–H and O–H groups in total. The minimum Gasteiger partial charge on any atom is -0.388 e. The molecule has 1 saturated heterocycles. The zero-order valence-corrected chi connectivity index (χ0v) is 14.6. The predicted molar refractivity (Wildman–Crippen MR) is 90.6 cm³/mol. The lowest BCUT2D eigenvalue weighted by atomic mass is 10.1. The Bertz CT molecular complexity index is 963. The third kappa shape index (κ3) is 3.32. The number of aliphatic hydroxyl groups excluding tert-OH is 2. The van der Waals surface area contributed by atoms with E-state index in [1.165, 1.54) is 6.33 Å². The molecule has 0 saturated carbocycles. The number of hydrogen-bond donors (Lipinski definition) is 5. The molecule has 0 aliphatic carbocycles. The lowest BCUT2D eigenvalue weighted by Gasteiger charge is -2.15. The summed E-state index contributed by atoms with van der Waals surface area (Å²) in [5.41, 5.74) is 11.7. The molecular weight excluding hydrogens is 390 g/mol. The van der Waals surface area contributed by atoms with Gasteiger partial charge in [0.15, 0.2) is 11.9 Å². The Morgan fingerprint density at radius 3 is 2.69 bits per heavy atom. The van der Waals surface area contributed by atoms with Crippen LogP contribution in [0.2, 0.25) is 0 Å². The van der Waals surface area contributed by atoms with E-state index < -0.39 is 41.5 Å². The van der Waals surface area contributed by atoms with Crippen molar-refractivity contribution in [2.75, 3.05) is 12.3 Å². The van der Waals surface area contributed by atoms with E-state index in [0.717, 1.165) is 4.68 Å². The van der Waals surface area contributed by atoms with E-state index in [9.17, 15) is 18.6 Å². The Kier molecular flexibility index (Phi) is 4.78. The molecule has 0 bridgehead atoms. The molecule has 0 spiro atoms. The number of nitrogens with zero attached hydrogens (tertiary/aromatic N) is 4. The van der Waals surface area contributed by atoms with Crippen LogP contribution in [0.15, 0.2) is 6.33 Å². The average Bonchev–Trinajstić information content (AvgIpc) is 3.06. The summed E-state index contributed by atoms with van der Waals surface area (Å²) in [5, 5.41) is 29.5. The Hall–Kier alpha value is -2.01. The van der Waals surface area contributed by atoms with Gasteiger partial charge in [-0.2, -0.15) is 13.5 Å². The first-order valence-corrected chi connectivity index (χ1v) is 8.95. The summed E-state index contributed by atoms with van der Waals surface area (Å²) in [5.74, 6) is 0.0613. The van der Waals surface area contributed by atoms with Crippen LogP contribution in [0.1, 0.15) is 11.9 Å². The fraction of sp³-hybridized carbons (Fsp3) is 0.455. The first-order valence-electron chi connectivity index (χ1n) is 7.07. The molecule has 142 valence electrons. The predicted octanol–water partition coefficient (Wildman–Crippen LogP) is -3.12. The summed E-state index contributed by atoms with van der Waals surface area (Å²) in [7, 11) is -4.25. The third-order valence-corrected chi connectivity index (χ3v) is 4.38. The summed E-state index contributed by atoms with van der Waals surface area (Å²) < 4.78 is 32.8. The van der Waals surface area contributed by atoms with Crippen LogP contribution in [0.3, 0.4) is 0 Å². The largest absolute Gasteiger partial charge is 0.388 e. The van der Waals surface area contributed by atoms with Crippen molar-refractivity contribution in [1.29, 1.82) is 0 Å². The highest BCUT2D eigenvalue weighted by molar-refractivity contribution is 7.84. The average molecular weight is 405 g/mol. The smallest absolute Gasteiger partial charge is 0.333 e. The zero-order chi connectivity index (χ0) is 19.2. The number of thiocarbonyl (C=S) groups is 1. The van der Waals surface area contributed by atoms with Gasteiger partial charge in [-0.15, -0.1) is 0 Å². The maximum absolute atomic E-state index is 10.9. The van der Waals surface area contributed by atoms with Crippen LogP contribution in [0, 0.1) is 0 Å². The van der Waals surface area contributed by atoms with Crippen molar-refractivity contribution in [2.45, 2.75) is 24.5 Å². The Morgan fingerprint density at radius 2 is 2.08 bits per heavy atom. The minimum atomic E-state index is -4.25. The highest BCUT2D eigenvalue weighted by atomic mass is 32.2. The molecule has 3 heterocycles. The lowest BCUT2D eigenvalue weighted by Crippen LogP contribution is -2.35. The molecule has 2 aromatic heterocycles. The van der Waals surface area contributed by atoms with Gasteiger partial charge in [-0.05, 0) is 0 Å². The number of aliphatic hydroxyl groups is 2. The third-order valence-electron chi connectivity index (χ3n) is 3.73. The van der Waals surface area contributed by atoms with Gasteiger partial charge < -0.3 is 26.4 Å². The summed E-state index contributed by atoms with van der Waals surface area (Å²) >= 11 is 4.93. The highest BCUT2D eigenvalue weighted by Gasteiger charge is 2.45. The van der Waals surface area contributed by atoms with Gasteiger partial charge in [-0.25, -0.2) is 19.8 Å². The van der Waals surface area contributed by atoms with E-state index >= 15 is 0 Å². The second kappa shape index (κ2) is 6.62. The number of hydrogen-bond acceptors (Lipinski definition) is 11. The van der Waals surface area contributed by atoms with Crippen LogP contribution in [0.4, 0.5) is 5.82 Å². The number of nitrogen functional groups attached to an aromatic ring is 1. The van der Waals surface area contributed by atoms with E-state index in [-0.39, 0.29) is 27.5 Å². The molecule has 0 radical (unpaired) electrons. The molecule has 1 fully saturated rings.